The molecule has 1 heterocycles. The monoisotopic (exact) mass is 292 g/mol. The molecule has 1 amide bonds. The molecule has 0 atom stereocenters. The van der Waals surface area contributed by atoms with Gasteiger partial charge in [0.05, 0.1) is 6.54 Å². The number of primary amides is 1. The lowest BCUT2D eigenvalue weighted by Crippen LogP contribution is -2.30. The van der Waals surface area contributed by atoms with E-state index >= 15 is 0 Å². The minimum absolute atomic E-state index is 0.289. The van der Waals surface area contributed by atoms with Crippen LogP contribution in [0.1, 0.15) is 0 Å². The van der Waals surface area contributed by atoms with Crippen molar-refractivity contribution in [3.63, 3.8) is 0 Å². The molecule has 0 saturated heterocycles. The molecule has 0 aromatic carbocycles. The van der Waals surface area contributed by atoms with Gasteiger partial charge in [0.15, 0.2) is 0 Å². The smallest absolute Gasteiger partial charge is 0.246 e. The van der Waals surface area contributed by atoms with Crippen molar-refractivity contribution in [2.75, 3.05) is 13.1 Å². The van der Waals surface area contributed by atoms with Crippen LogP contribution < -0.4 is 5.73 Å². The van der Waals surface area contributed by atoms with E-state index in [0.29, 0.717) is 12.1 Å². The first kappa shape index (κ1) is 10.2. The maximum absolute atomic E-state index is 10.9. The van der Waals surface area contributed by atoms with Gasteiger partial charge in [0.25, 0.3) is 0 Å². The fraction of sp³-hybridized carbons (Fsp3) is 0.250. The number of rotatable bonds is 3. The summed E-state index contributed by atoms with van der Waals surface area (Å²) in [4.78, 5) is 22.9. The first-order chi connectivity index (χ1) is 6.13. The van der Waals surface area contributed by atoms with Gasteiger partial charge in [-0.3, -0.25) is 4.79 Å². The van der Waals surface area contributed by atoms with Crippen LogP contribution in [0.15, 0.2) is 21.4 Å². The van der Waals surface area contributed by atoms with Gasteiger partial charge in [0.2, 0.25) is 5.91 Å². The Morgan fingerprint density at radius 2 is 2.46 bits per heavy atom. The zero-order valence-corrected chi connectivity index (χ0v) is 9.02. The molecule has 1 aliphatic rings. The lowest BCUT2D eigenvalue weighted by molar-refractivity contribution is -0.115. The SMILES string of the molecule is NC(=O)C1=CC(I)=CN(CC=O)C1. The summed E-state index contributed by atoms with van der Waals surface area (Å²) in [5.74, 6) is -0.432. The van der Waals surface area contributed by atoms with Crippen molar-refractivity contribution in [2.45, 2.75) is 0 Å². The third-order valence-electron chi connectivity index (χ3n) is 1.62. The van der Waals surface area contributed by atoms with Gasteiger partial charge in [-0.2, -0.15) is 0 Å². The first-order valence-electron chi connectivity index (χ1n) is 3.69. The average Bonchev–Trinajstić information content (AvgIpc) is 2.03. The molecule has 1 aliphatic heterocycles. The maximum Gasteiger partial charge on any atom is 0.246 e. The largest absolute Gasteiger partial charge is 0.366 e. The highest BCUT2D eigenvalue weighted by Gasteiger charge is 2.13. The molecule has 0 saturated carbocycles. The molecule has 0 aliphatic carbocycles. The minimum Gasteiger partial charge on any atom is -0.366 e. The van der Waals surface area contributed by atoms with E-state index in [9.17, 15) is 9.59 Å². The van der Waals surface area contributed by atoms with Crippen LogP contribution in [-0.2, 0) is 9.59 Å². The number of hydrogen-bond donors (Lipinski definition) is 1. The summed E-state index contributed by atoms with van der Waals surface area (Å²) in [6.45, 7) is 0.706. The zero-order chi connectivity index (χ0) is 9.84. The molecule has 0 bridgehead atoms. The van der Waals surface area contributed by atoms with Gasteiger partial charge in [-0.25, -0.2) is 0 Å². The lowest BCUT2D eigenvalue weighted by Gasteiger charge is -2.22. The van der Waals surface area contributed by atoms with E-state index in [2.05, 4.69) is 22.6 Å². The highest BCUT2D eigenvalue weighted by atomic mass is 127. The van der Waals surface area contributed by atoms with Gasteiger partial charge < -0.3 is 15.4 Å². The molecule has 4 nitrogen and oxygen atoms in total. The Hall–Kier alpha value is -0.850. The summed E-state index contributed by atoms with van der Waals surface area (Å²) < 4.78 is 0.902. The molecule has 0 radical (unpaired) electrons. The van der Waals surface area contributed by atoms with E-state index < -0.39 is 5.91 Å². The van der Waals surface area contributed by atoms with Gasteiger partial charge in [-0.1, -0.05) is 0 Å². The summed E-state index contributed by atoms with van der Waals surface area (Å²) in [6, 6.07) is 0. The number of hydrogen-bond acceptors (Lipinski definition) is 3. The van der Waals surface area contributed by atoms with Crippen LogP contribution in [0.5, 0.6) is 0 Å². The van der Waals surface area contributed by atoms with E-state index in [1.54, 1.807) is 11.0 Å². The molecule has 2 N–H and O–H groups in total. The van der Waals surface area contributed by atoms with Gasteiger partial charge in [0.1, 0.15) is 6.29 Å². The number of amides is 1. The fourth-order valence-electron chi connectivity index (χ4n) is 1.05. The van der Waals surface area contributed by atoms with Crippen molar-refractivity contribution in [1.82, 2.24) is 4.90 Å². The van der Waals surface area contributed by atoms with E-state index in [1.165, 1.54) is 0 Å². The number of carbonyl (C=O) groups excluding carboxylic acids is 2. The summed E-state index contributed by atoms with van der Waals surface area (Å²) in [5.41, 5.74) is 5.67. The predicted octanol–water partition coefficient (Wildman–Crippen LogP) is 0.189. The summed E-state index contributed by atoms with van der Waals surface area (Å²) in [5, 5.41) is 0. The molecular weight excluding hydrogens is 283 g/mol. The lowest BCUT2D eigenvalue weighted by atomic mass is 10.2. The molecule has 5 heteroatoms. The first-order valence-corrected chi connectivity index (χ1v) is 4.76. The van der Waals surface area contributed by atoms with Crippen molar-refractivity contribution in [3.05, 3.63) is 21.4 Å². The van der Waals surface area contributed by atoms with Crippen LogP contribution >= 0.6 is 22.6 Å². The van der Waals surface area contributed by atoms with Crippen LogP contribution in [0, 0.1) is 0 Å². The second kappa shape index (κ2) is 4.40. The van der Waals surface area contributed by atoms with Gasteiger partial charge in [-0.05, 0) is 28.7 Å². The molecule has 1 rings (SSSR count). The second-order valence-electron chi connectivity index (χ2n) is 2.64. The molecule has 0 aromatic rings. The zero-order valence-electron chi connectivity index (χ0n) is 6.87. The topological polar surface area (TPSA) is 63.4 Å². The summed E-state index contributed by atoms with van der Waals surface area (Å²) >= 11 is 2.08. The van der Waals surface area contributed by atoms with Crippen molar-refractivity contribution in [1.29, 1.82) is 0 Å². The van der Waals surface area contributed by atoms with Gasteiger partial charge in [0, 0.05) is 21.9 Å². The Kier molecular flexibility index (Phi) is 3.47. The minimum atomic E-state index is -0.432. The molecule has 13 heavy (non-hydrogen) atoms. The van der Waals surface area contributed by atoms with Crippen LogP contribution in [-0.4, -0.2) is 30.2 Å². The van der Waals surface area contributed by atoms with Crippen LogP contribution in [0.2, 0.25) is 0 Å². The second-order valence-corrected chi connectivity index (χ2v) is 3.89. The predicted molar refractivity (Wildman–Crippen MR) is 57.0 cm³/mol. The molecule has 0 spiro atoms. The van der Waals surface area contributed by atoms with E-state index in [-0.39, 0.29) is 6.54 Å². The van der Waals surface area contributed by atoms with E-state index in [4.69, 9.17) is 5.73 Å². The van der Waals surface area contributed by atoms with E-state index in [1.807, 2.05) is 6.20 Å². The number of halogens is 1. The number of nitrogens with zero attached hydrogens (tertiary/aromatic N) is 1. The Morgan fingerprint density at radius 3 is 3.00 bits per heavy atom. The molecule has 0 aromatic heterocycles. The summed E-state index contributed by atoms with van der Waals surface area (Å²) in [7, 11) is 0. The molecule has 0 fully saturated rings. The van der Waals surface area contributed by atoms with E-state index in [0.717, 1.165) is 9.87 Å². The Labute approximate surface area is 89.6 Å². The van der Waals surface area contributed by atoms with Gasteiger partial charge >= 0.3 is 0 Å². The number of allylic oxidation sites excluding steroid dienone is 2. The Morgan fingerprint density at radius 1 is 1.77 bits per heavy atom. The normalized spacial score (nSPS) is 16.2. The summed E-state index contributed by atoms with van der Waals surface area (Å²) in [6.07, 6.45) is 4.34. The number of aldehydes is 1. The fourth-order valence-corrected chi connectivity index (χ4v) is 1.82. The Balaban J connectivity index is 2.77. The highest BCUT2D eigenvalue weighted by molar-refractivity contribution is 14.1. The van der Waals surface area contributed by atoms with Crippen molar-refractivity contribution in [3.8, 4) is 0 Å². The highest BCUT2D eigenvalue weighted by Crippen LogP contribution is 2.17. The third-order valence-corrected chi connectivity index (χ3v) is 2.21. The van der Waals surface area contributed by atoms with Crippen LogP contribution in [0.25, 0.3) is 0 Å². The number of carbonyl (C=O) groups is 2. The molecule has 70 valence electrons. The average molecular weight is 292 g/mol. The molecule has 0 unspecified atom stereocenters. The Bertz CT molecular complexity index is 297. The van der Waals surface area contributed by atoms with Gasteiger partial charge in [-0.15, -0.1) is 0 Å². The van der Waals surface area contributed by atoms with Crippen molar-refractivity contribution >= 4 is 34.8 Å². The standard InChI is InChI=1S/C8H9IN2O2/c9-7-3-6(8(10)13)4-11(5-7)1-2-12/h2-3,5H,1,4H2,(H2,10,13). The molecular formula is C8H9IN2O2. The van der Waals surface area contributed by atoms with Crippen molar-refractivity contribution < 1.29 is 9.59 Å². The van der Waals surface area contributed by atoms with Crippen LogP contribution in [0.4, 0.5) is 0 Å². The quantitative estimate of drug-likeness (QED) is 0.596. The maximum atomic E-state index is 10.9. The number of nitrogens with two attached hydrogens (primary N) is 1. The third kappa shape index (κ3) is 2.83. The van der Waals surface area contributed by atoms with Crippen molar-refractivity contribution in [2.24, 2.45) is 5.73 Å². The van der Waals surface area contributed by atoms with Crippen LogP contribution in [0.3, 0.4) is 0 Å².